The number of benzene rings is 2. The van der Waals surface area contributed by atoms with Gasteiger partial charge in [-0.2, -0.15) is 0 Å². The molecule has 0 fully saturated rings. The predicted octanol–water partition coefficient (Wildman–Crippen LogP) is 3.71. The molecule has 0 saturated carbocycles. The van der Waals surface area contributed by atoms with E-state index in [4.69, 9.17) is 0 Å². The molecule has 0 atom stereocenters. The van der Waals surface area contributed by atoms with Crippen LogP contribution >= 0.6 is 11.8 Å². The Labute approximate surface area is 148 Å². The van der Waals surface area contributed by atoms with Crippen molar-refractivity contribution in [3.63, 3.8) is 0 Å². The molecule has 0 aliphatic rings. The summed E-state index contributed by atoms with van der Waals surface area (Å²) in [6.07, 6.45) is 3.72. The minimum Gasteiger partial charge on any atom is -0.309 e. The van der Waals surface area contributed by atoms with Crippen LogP contribution in [-0.2, 0) is 5.75 Å². The molecule has 2 aromatic heterocycles. The molecule has 0 amide bonds. The molecule has 0 aliphatic carbocycles. The van der Waals surface area contributed by atoms with Gasteiger partial charge in [-0.15, -0.1) is 0 Å². The van der Waals surface area contributed by atoms with E-state index < -0.39 is 0 Å². The van der Waals surface area contributed by atoms with Gasteiger partial charge in [0.15, 0.2) is 5.16 Å². The fourth-order valence-corrected chi connectivity index (χ4v) is 3.55. The molecule has 0 spiro atoms. The molecule has 0 bridgehead atoms. The monoisotopic (exact) mass is 348 g/mol. The minimum absolute atomic E-state index is 0.108. The summed E-state index contributed by atoms with van der Waals surface area (Å²) in [7, 11) is 0. The highest BCUT2D eigenvalue weighted by Gasteiger charge is 2.09. The zero-order valence-corrected chi connectivity index (χ0v) is 14.5. The maximum absolute atomic E-state index is 12.2. The lowest BCUT2D eigenvalue weighted by molar-refractivity contribution is 0.891. The van der Waals surface area contributed by atoms with E-state index in [0.29, 0.717) is 22.5 Å². The van der Waals surface area contributed by atoms with E-state index in [1.54, 1.807) is 24.0 Å². The Morgan fingerprint density at radius 2 is 2.04 bits per heavy atom. The molecule has 1 N–H and O–H groups in total. The van der Waals surface area contributed by atoms with Gasteiger partial charge >= 0.3 is 0 Å². The van der Waals surface area contributed by atoms with Gasteiger partial charge in [-0.05, 0) is 36.8 Å². The van der Waals surface area contributed by atoms with Crippen molar-refractivity contribution in [1.82, 2.24) is 19.5 Å². The van der Waals surface area contributed by atoms with Crippen molar-refractivity contribution in [3.8, 4) is 5.69 Å². The summed E-state index contributed by atoms with van der Waals surface area (Å²) >= 11 is 1.54. The summed E-state index contributed by atoms with van der Waals surface area (Å²) in [6, 6.07) is 15.6. The fraction of sp³-hybridized carbons (Fsp3) is 0.105. The topological polar surface area (TPSA) is 63.6 Å². The van der Waals surface area contributed by atoms with Crippen LogP contribution in [0.5, 0.6) is 0 Å². The molecule has 4 aromatic rings. The van der Waals surface area contributed by atoms with Crippen LogP contribution in [0.15, 0.2) is 70.9 Å². The molecule has 4 rings (SSSR count). The maximum Gasteiger partial charge on any atom is 0.258 e. The Balaban J connectivity index is 1.61. The van der Waals surface area contributed by atoms with Crippen molar-refractivity contribution in [2.24, 2.45) is 0 Å². The highest BCUT2D eigenvalue weighted by Crippen LogP contribution is 2.23. The molecule has 2 heterocycles. The third-order valence-electron chi connectivity index (χ3n) is 3.89. The molecule has 0 saturated heterocycles. The van der Waals surface area contributed by atoms with Crippen molar-refractivity contribution in [1.29, 1.82) is 0 Å². The van der Waals surface area contributed by atoms with Gasteiger partial charge in [0.1, 0.15) is 5.82 Å². The first-order valence-electron chi connectivity index (χ1n) is 7.92. The Bertz CT molecular complexity index is 1100. The number of H-pyrrole nitrogens is 1. The number of fused-ring (bicyclic) bond motifs is 1. The van der Waals surface area contributed by atoms with Crippen LogP contribution in [0.2, 0.25) is 0 Å². The zero-order chi connectivity index (χ0) is 17.2. The molecule has 25 heavy (non-hydrogen) atoms. The number of para-hydroxylation sites is 1. The molecule has 0 aliphatic heterocycles. The van der Waals surface area contributed by atoms with E-state index in [-0.39, 0.29) is 5.56 Å². The summed E-state index contributed by atoms with van der Waals surface area (Å²) in [5.74, 6) is 1.19. The number of hydrogen-bond acceptors (Lipinski definition) is 4. The van der Waals surface area contributed by atoms with Gasteiger partial charge in [-0.25, -0.2) is 9.97 Å². The second-order valence-corrected chi connectivity index (χ2v) is 6.68. The maximum atomic E-state index is 12.2. The van der Waals surface area contributed by atoms with Crippen molar-refractivity contribution in [3.05, 3.63) is 82.7 Å². The first kappa shape index (κ1) is 15.7. The molecule has 2 aromatic carbocycles. The van der Waals surface area contributed by atoms with Crippen LogP contribution in [0.25, 0.3) is 16.6 Å². The van der Waals surface area contributed by atoms with Crippen LogP contribution < -0.4 is 5.56 Å². The highest BCUT2D eigenvalue weighted by molar-refractivity contribution is 7.98. The van der Waals surface area contributed by atoms with Gasteiger partial charge in [0.25, 0.3) is 5.56 Å². The molecule has 6 heteroatoms. The molecule has 0 unspecified atom stereocenters. The van der Waals surface area contributed by atoms with Gasteiger partial charge in [0, 0.05) is 18.1 Å². The van der Waals surface area contributed by atoms with Crippen LogP contribution in [0.1, 0.15) is 11.4 Å². The van der Waals surface area contributed by atoms with Gasteiger partial charge in [0.2, 0.25) is 0 Å². The second-order valence-electron chi connectivity index (χ2n) is 5.74. The highest BCUT2D eigenvalue weighted by atomic mass is 32.2. The number of thioether (sulfide) groups is 1. The average molecular weight is 348 g/mol. The zero-order valence-electron chi connectivity index (χ0n) is 13.6. The van der Waals surface area contributed by atoms with Crippen molar-refractivity contribution in [2.75, 3.05) is 0 Å². The van der Waals surface area contributed by atoms with Crippen LogP contribution in [0.4, 0.5) is 0 Å². The SMILES string of the molecule is Cc1cccc(-n2ccnc2SCc2nc3ccccc3c(=O)[nH]2)c1. The number of rotatable bonds is 4. The lowest BCUT2D eigenvalue weighted by Gasteiger charge is -2.08. The van der Waals surface area contributed by atoms with Gasteiger partial charge in [0.05, 0.1) is 16.7 Å². The largest absolute Gasteiger partial charge is 0.309 e. The van der Waals surface area contributed by atoms with E-state index in [2.05, 4.69) is 40.1 Å². The smallest absolute Gasteiger partial charge is 0.258 e. The molecule has 0 radical (unpaired) electrons. The number of aromatic amines is 1. The van der Waals surface area contributed by atoms with Crippen LogP contribution in [0.3, 0.4) is 0 Å². The van der Waals surface area contributed by atoms with Crippen LogP contribution in [-0.4, -0.2) is 19.5 Å². The number of aryl methyl sites for hydroxylation is 1. The third-order valence-corrected chi connectivity index (χ3v) is 4.86. The molecule has 5 nitrogen and oxygen atoms in total. The number of imidazole rings is 1. The van der Waals surface area contributed by atoms with E-state index in [1.807, 2.05) is 35.0 Å². The number of hydrogen-bond donors (Lipinski definition) is 1. The third kappa shape index (κ3) is 3.21. The van der Waals surface area contributed by atoms with Crippen molar-refractivity contribution in [2.45, 2.75) is 17.8 Å². The minimum atomic E-state index is -0.108. The second kappa shape index (κ2) is 6.57. The van der Waals surface area contributed by atoms with Crippen molar-refractivity contribution >= 4 is 22.7 Å². The molecular formula is C19H16N4OS. The van der Waals surface area contributed by atoms with E-state index >= 15 is 0 Å². The first-order chi connectivity index (χ1) is 12.2. The van der Waals surface area contributed by atoms with E-state index in [1.165, 1.54) is 5.56 Å². The summed E-state index contributed by atoms with van der Waals surface area (Å²) < 4.78 is 2.04. The lowest BCUT2D eigenvalue weighted by Crippen LogP contribution is -2.11. The van der Waals surface area contributed by atoms with Gasteiger partial charge in [-0.3, -0.25) is 9.36 Å². The summed E-state index contributed by atoms with van der Waals surface area (Å²) in [5.41, 5.74) is 2.87. The predicted molar refractivity (Wildman–Crippen MR) is 100 cm³/mol. The van der Waals surface area contributed by atoms with E-state index in [9.17, 15) is 4.79 Å². The summed E-state index contributed by atoms with van der Waals surface area (Å²) in [5, 5.41) is 1.47. The van der Waals surface area contributed by atoms with Gasteiger partial charge in [-0.1, -0.05) is 36.0 Å². The Hall–Kier alpha value is -2.86. The van der Waals surface area contributed by atoms with Gasteiger partial charge < -0.3 is 4.98 Å². The van der Waals surface area contributed by atoms with E-state index in [0.717, 1.165) is 10.8 Å². The Kier molecular flexibility index (Phi) is 4.11. The number of aromatic nitrogens is 4. The van der Waals surface area contributed by atoms with Crippen LogP contribution in [0, 0.1) is 6.92 Å². The standard InChI is InChI=1S/C19H16N4OS/c1-13-5-4-6-14(11-13)23-10-9-20-19(23)25-12-17-21-16-8-3-2-7-15(16)18(24)22-17/h2-11H,12H2,1H3,(H,21,22,24). The number of nitrogens with zero attached hydrogens (tertiary/aromatic N) is 3. The summed E-state index contributed by atoms with van der Waals surface area (Å²) in [4.78, 5) is 24.0. The number of nitrogens with one attached hydrogen (secondary N) is 1. The first-order valence-corrected chi connectivity index (χ1v) is 8.90. The molecule has 124 valence electrons. The lowest BCUT2D eigenvalue weighted by atomic mass is 10.2. The Morgan fingerprint density at radius 1 is 1.16 bits per heavy atom. The average Bonchev–Trinajstić information content (AvgIpc) is 3.09. The normalized spacial score (nSPS) is 11.1. The molecular weight excluding hydrogens is 332 g/mol. The quantitative estimate of drug-likeness (QED) is 0.571. The van der Waals surface area contributed by atoms with Crippen molar-refractivity contribution < 1.29 is 0 Å². The summed E-state index contributed by atoms with van der Waals surface area (Å²) in [6.45, 7) is 2.07. The Morgan fingerprint density at radius 3 is 2.92 bits per heavy atom. The fourth-order valence-electron chi connectivity index (χ4n) is 2.71.